The maximum absolute atomic E-state index is 5.70. The Labute approximate surface area is 190 Å². The van der Waals surface area contributed by atoms with E-state index in [4.69, 9.17) is 14.2 Å². The van der Waals surface area contributed by atoms with Gasteiger partial charge in [0.2, 0.25) is 0 Å². The zero-order valence-corrected chi connectivity index (χ0v) is 19.6. The van der Waals surface area contributed by atoms with Crippen LogP contribution in [0.25, 0.3) is 0 Å². The second-order valence-corrected chi connectivity index (χ2v) is 7.00. The summed E-state index contributed by atoms with van der Waals surface area (Å²) < 4.78 is 16.7. The number of ether oxygens (including phenoxy) is 3. The first kappa shape index (κ1) is 24.1. The molecule has 1 aromatic rings. The Hall–Kier alpha value is -1.17. The van der Waals surface area contributed by atoms with Crippen molar-refractivity contribution in [2.24, 2.45) is 4.99 Å². The molecule has 3 rings (SSSR count). The van der Waals surface area contributed by atoms with Crippen LogP contribution >= 0.6 is 24.0 Å². The van der Waals surface area contributed by atoms with Crippen LogP contribution in [0.15, 0.2) is 23.3 Å². The molecule has 2 saturated heterocycles. The van der Waals surface area contributed by atoms with Gasteiger partial charge in [0.15, 0.2) is 5.96 Å². The first-order chi connectivity index (χ1) is 13.9. The first-order valence-corrected chi connectivity index (χ1v) is 10.3. The lowest BCUT2D eigenvalue weighted by Gasteiger charge is -2.29. The van der Waals surface area contributed by atoms with Crippen LogP contribution in [0.4, 0.5) is 5.82 Å². The van der Waals surface area contributed by atoms with E-state index in [0.29, 0.717) is 19.3 Å². The normalized spacial score (nSPS) is 19.7. The Morgan fingerprint density at radius 1 is 1.31 bits per heavy atom. The molecule has 9 heteroatoms. The number of nitrogens with one attached hydrogen (secondary N) is 2. The van der Waals surface area contributed by atoms with E-state index in [9.17, 15) is 0 Å². The van der Waals surface area contributed by atoms with Gasteiger partial charge in [0.1, 0.15) is 5.82 Å². The van der Waals surface area contributed by atoms with E-state index in [1.807, 2.05) is 12.3 Å². The van der Waals surface area contributed by atoms with Gasteiger partial charge in [0, 0.05) is 58.2 Å². The topological polar surface area (TPSA) is 80.2 Å². The lowest BCUT2D eigenvalue weighted by Crippen LogP contribution is -2.39. The van der Waals surface area contributed by atoms with Gasteiger partial charge in [-0.05, 0) is 25.3 Å². The van der Waals surface area contributed by atoms with Gasteiger partial charge in [-0.25, -0.2) is 4.98 Å². The summed E-state index contributed by atoms with van der Waals surface area (Å²) in [7, 11) is 1.79. The third-order valence-corrected chi connectivity index (χ3v) is 4.93. The van der Waals surface area contributed by atoms with Crippen molar-refractivity contribution in [2.75, 3.05) is 64.6 Å². The molecule has 0 amide bonds. The zero-order valence-electron chi connectivity index (χ0n) is 17.3. The minimum atomic E-state index is 0. The molecule has 0 aliphatic carbocycles. The van der Waals surface area contributed by atoms with Crippen LogP contribution in [0.1, 0.15) is 24.8 Å². The maximum atomic E-state index is 5.70. The highest BCUT2D eigenvalue weighted by molar-refractivity contribution is 14.0. The van der Waals surface area contributed by atoms with Crippen molar-refractivity contribution >= 4 is 35.8 Å². The lowest BCUT2D eigenvalue weighted by molar-refractivity contribution is 0.0168. The molecular formula is C20H34IN5O3. The number of halogens is 1. The summed E-state index contributed by atoms with van der Waals surface area (Å²) in [5.41, 5.74) is 1.16. The van der Waals surface area contributed by atoms with Crippen LogP contribution in [0.2, 0.25) is 0 Å². The van der Waals surface area contributed by atoms with Crippen molar-refractivity contribution in [2.45, 2.75) is 31.9 Å². The van der Waals surface area contributed by atoms with E-state index in [0.717, 1.165) is 82.7 Å². The van der Waals surface area contributed by atoms with E-state index in [2.05, 4.69) is 31.6 Å². The minimum absolute atomic E-state index is 0. The molecule has 1 atom stereocenters. The van der Waals surface area contributed by atoms with Gasteiger partial charge in [-0.2, -0.15) is 0 Å². The fourth-order valence-electron chi connectivity index (χ4n) is 3.40. The van der Waals surface area contributed by atoms with E-state index < -0.39 is 0 Å². The predicted molar refractivity (Wildman–Crippen MR) is 125 cm³/mol. The molecule has 3 heterocycles. The van der Waals surface area contributed by atoms with Gasteiger partial charge < -0.3 is 29.7 Å². The van der Waals surface area contributed by atoms with Gasteiger partial charge in [-0.15, -0.1) is 24.0 Å². The molecule has 0 saturated carbocycles. The monoisotopic (exact) mass is 519 g/mol. The summed E-state index contributed by atoms with van der Waals surface area (Å²) in [6.45, 7) is 7.06. The Morgan fingerprint density at radius 2 is 2.17 bits per heavy atom. The Balaban J connectivity index is 0.00000300. The molecule has 1 aromatic heterocycles. The van der Waals surface area contributed by atoms with Crippen LogP contribution in [0, 0.1) is 0 Å². The number of pyridine rings is 1. The summed E-state index contributed by atoms with van der Waals surface area (Å²) in [4.78, 5) is 11.2. The number of morpholine rings is 1. The fraction of sp³-hybridized carbons (Fsp3) is 0.700. The molecule has 2 fully saturated rings. The number of aliphatic imine (C=N–C) groups is 1. The van der Waals surface area contributed by atoms with Crippen molar-refractivity contribution in [3.63, 3.8) is 0 Å². The number of hydrogen-bond acceptors (Lipinski definition) is 6. The molecule has 0 radical (unpaired) electrons. The molecule has 0 spiro atoms. The van der Waals surface area contributed by atoms with Crippen LogP contribution < -0.4 is 15.5 Å². The number of aromatic nitrogens is 1. The van der Waals surface area contributed by atoms with Gasteiger partial charge in [-0.3, -0.25) is 4.99 Å². The lowest BCUT2D eigenvalue weighted by atomic mass is 10.2. The molecule has 2 aliphatic rings. The van der Waals surface area contributed by atoms with Crippen LogP contribution in [-0.2, 0) is 20.8 Å². The van der Waals surface area contributed by atoms with E-state index in [-0.39, 0.29) is 24.0 Å². The predicted octanol–water partition coefficient (Wildman–Crippen LogP) is 1.79. The molecule has 2 aliphatic heterocycles. The van der Waals surface area contributed by atoms with Gasteiger partial charge >= 0.3 is 0 Å². The fourth-order valence-corrected chi connectivity index (χ4v) is 3.40. The summed E-state index contributed by atoms with van der Waals surface area (Å²) in [5, 5.41) is 6.72. The third-order valence-electron chi connectivity index (χ3n) is 4.93. The quantitative estimate of drug-likeness (QED) is 0.223. The highest BCUT2D eigenvalue weighted by Gasteiger charge is 2.16. The van der Waals surface area contributed by atoms with E-state index in [1.165, 1.54) is 0 Å². The second-order valence-electron chi connectivity index (χ2n) is 7.00. The number of rotatable bonds is 9. The molecule has 8 nitrogen and oxygen atoms in total. The minimum Gasteiger partial charge on any atom is -0.379 e. The molecule has 0 bridgehead atoms. The molecule has 1 unspecified atom stereocenters. The highest BCUT2D eigenvalue weighted by atomic mass is 127. The number of nitrogens with zero attached hydrogens (tertiary/aromatic N) is 3. The number of guanidine groups is 1. The average Bonchev–Trinajstić information content (AvgIpc) is 3.27. The second kappa shape index (κ2) is 13.9. The van der Waals surface area contributed by atoms with Crippen LogP contribution in [0.3, 0.4) is 0 Å². The molecule has 2 N–H and O–H groups in total. The van der Waals surface area contributed by atoms with Crippen LogP contribution in [-0.4, -0.2) is 76.8 Å². The van der Waals surface area contributed by atoms with Crippen molar-refractivity contribution in [3.8, 4) is 0 Å². The van der Waals surface area contributed by atoms with Crippen molar-refractivity contribution < 1.29 is 14.2 Å². The van der Waals surface area contributed by atoms with Crippen molar-refractivity contribution in [3.05, 3.63) is 23.9 Å². The highest BCUT2D eigenvalue weighted by Crippen LogP contribution is 2.18. The van der Waals surface area contributed by atoms with Crippen molar-refractivity contribution in [1.29, 1.82) is 0 Å². The first-order valence-electron chi connectivity index (χ1n) is 10.3. The van der Waals surface area contributed by atoms with E-state index in [1.54, 1.807) is 7.05 Å². The molecule has 164 valence electrons. The summed E-state index contributed by atoms with van der Waals surface area (Å²) in [6.07, 6.45) is 5.34. The van der Waals surface area contributed by atoms with Crippen LogP contribution in [0.5, 0.6) is 0 Å². The molecule has 29 heavy (non-hydrogen) atoms. The smallest absolute Gasteiger partial charge is 0.191 e. The summed E-state index contributed by atoms with van der Waals surface area (Å²) >= 11 is 0. The Morgan fingerprint density at radius 3 is 2.93 bits per heavy atom. The Kier molecular flexibility index (Phi) is 11.6. The molecule has 0 aromatic carbocycles. The van der Waals surface area contributed by atoms with E-state index >= 15 is 0 Å². The molecular weight excluding hydrogens is 485 g/mol. The standard InChI is InChI=1S/C20H33N5O3.HI/c1-21-20(23-8-4-11-27-16-18-6-3-12-28-18)24-15-17-5-2-7-22-19(17)25-9-13-26-14-10-25;/h2,5,7,18H,3-4,6,8-16H2,1H3,(H2,21,23,24);1H. The number of anilines is 1. The number of hydrogen-bond donors (Lipinski definition) is 2. The third kappa shape index (κ3) is 8.23. The van der Waals surface area contributed by atoms with Gasteiger partial charge in [0.05, 0.1) is 25.9 Å². The average molecular weight is 519 g/mol. The largest absolute Gasteiger partial charge is 0.379 e. The Bertz CT molecular complexity index is 608. The van der Waals surface area contributed by atoms with Gasteiger partial charge in [-0.1, -0.05) is 6.07 Å². The maximum Gasteiger partial charge on any atom is 0.191 e. The van der Waals surface area contributed by atoms with Crippen molar-refractivity contribution in [1.82, 2.24) is 15.6 Å². The van der Waals surface area contributed by atoms with Gasteiger partial charge in [0.25, 0.3) is 0 Å². The SMILES string of the molecule is CN=C(NCCCOCC1CCCO1)NCc1cccnc1N1CCOCC1.I. The summed E-state index contributed by atoms with van der Waals surface area (Å²) in [6, 6.07) is 4.08. The summed E-state index contributed by atoms with van der Waals surface area (Å²) in [5.74, 6) is 1.81. The zero-order chi connectivity index (χ0) is 19.4.